The summed E-state index contributed by atoms with van der Waals surface area (Å²) >= 11 is 0. The van der Waals surface area contributed by atoms with Crippen molar-refractivity contribution in [1.29, 1.82) is 0 Å². The van der Waals surface area contributed by atoms with Crippen molar-refractivity contribution >= 4 is 0 Å². The van der Waals surface area contributed by atoms with E-state index >= 15 is 0 Å². The molecule has 0 aliphatic carbocycles. The number of hydrogen-bond donors (Lipinski definition) is 0. The highest BCUT2D eigenvalue weighted by molar-refractivity contribution is 5.13. The van der Waals surface area contributed by atoms with E-state index in [-0.39, 0.29) is 17.0 Å². The van der Waals surface area contributed by atoms with Crippen LogP contribution in [0.15, 0.2) is 30.3 Å². The first-order valence-electron chi connectivity index (χ1n) is 32.9. The topological polar surface area (TPSA) is 27.7 Å². The van der Waals surface area contributed by atoms with Crippen LogP contribution in [0.1, 0.15) is 348 Å². The fourth-order valence-electron chi connectivity index (χ4n) is 11.1. The van der Waals surface area contributed by atoms with E-state index in [1.165, 1.54) is 312 Å². The van der Waals surface area contributed by atoms with Gasteiger partial charge in [0.15, 0.2) is 0 Å². The lowest BCUT2D eigenvalue weighted by Crippen LogP contribution is -3.00. The minimum Gasteiger partial charge on any atom is -1.00 e. The Morgan fingerprint density at radius 2 is 0.528 bits per heavy atom. The molecule has 0 heterocycles. The predicted molar refractivity (Wildman–Crippen MR) is 316 cm³/mol. The van der Waals surface area contributed by atoms with E-state index in [1.807, 2.05) is 0 Å². The smallest absolute Gasteiger partial charge is 0.282 e. The summed E-state index contributed by atoms with van der Waals surface area (Å²) in [7, 11) is 0. The Morgan fingerprint density at radius 3 is 0.806 bits per heavy atom. The van der Waals surface area contributed by atoms with Gasteiger partial charge in [-0.15, -0.1) is 0 Å². The van der Waals surface area contributed by atoms with Gasteiger partial charge in [-0.25, -0.2) is 0 Å². The van der Waals surface area contributed by atoms with Crippen LogP contribution in [0.5, 0.6) is 0 Å². The zero-order valence-electron chi connectivity index (χ0n) is 49.8. The first-order chi connectivity index (χ1) is 35.1. The summed E-state index contributed by atoms with van der Waals surface area (Å²) in [5.74, 6) is -0.881. The molecular formula is C67H130BrNO3. The van der Waals surface area contributed by atoms with Gasteiger partial charge in [-0.3, -0.25) is 0 Å². The normalized spacial score (nSPS) is 12.0. The second-order valence-electron chi connectivity index (χ2n) is 23.0. The van der Waals surface area contributed by atoms with Crippen LogP contribution < -0.4 is 17.0 Å². The van der Waals surface area contributed by atoms with Gasteiger partial charge >= 0.3 is 0 Å². The summed E-state index contributed by atoms with van der Waals surface area (Å²) in [6, 6.07) is 11.5. The van der Waals surface area contributed by atoms with Crippen LogP contribution in [0.3, 0.4) is 0 Å². The van der Waals surface area contributed by atoms with Crippen molar-refractivity contribution in [3.63, 3.8) is 0 Å². The quantitative estimate of drug-likeness (QED) is 0.0370. The molecule has 5 heteroatoms. The number of nitrogens with zero attached hydrogens (tertiary/aromatic N) is 1. The molecule has 0 aromatic heterocycles. The van der Waals surface area contributed by atoms with Gasteiger partial charge < -0.3 is 35.7 Å². The van der Waals surface area contributed by atoms with E-state index in [4.69, 9.17) is 14.2 Å². The van der Waals surface area contributed by atoms with Crippen molar-refractivity contribution in [1.82, 2.24) is 0 Å². The molecule has 0 aliphatic rings. The van der Waals surface area contributed by atoms with E-state index in [0.717, 1.165) is 51.9 Å². The van der Waals surface area contributed by atoms with Gasteiger partial charge in [-0.2, -0.15) is 0 Å². The molecule has 0 aliphatic heterocycles. The average Bonchev–Trinajstić information content (AvgIpc) is 3.38. The summed E-state index contributed by atoms with van der Waals surface area (Å²) in [4.78, 5) is 0. The lowest BCUT2D eigenvalue weighted by atomic mass is 10.0. The standard InChI is InChI=1S/C67H130NO3.BrH/c1-6-11-16-21-26-29-32-35-43-53-62-69-67(70-63-54-44-36-33-30-27-22-17-12-7-2,71-64-55-45-37-34-31-28-23-18-13-8-3)58-49-39-38-42-52-61-68(59-50-40-24-19-14-9-4,60-51-41-25-20-15-10-5)65-66-56-47-46-48-57-66;/h46-48,56-57H,6-45,49-55,58-65H2,1-5H3;1H/q+1;/p-1. The van der Waals surface area contributed by atoms with Gasteiger partial charge in [0.05, 0.1) is 39.5 Å². The van der Waals surface area contributed by atoms with Crippen LogP contribution >= 0.6 is 0 Å². The van der Waals surface area contributed by atoms with Crippen molar-refractivity contribution in [3.05, 3.63) is 35.9 Å². The minimum atomic E-state index is -0.881. The molecule has 0 radical (unpaired) electrons. The van der Waals surface area contributed by atoms with Gasteiger partial charge in [-0.05, 0) is 64.2 Å². The SMILES string of the molecule is CCCCCCCCCCCCOC(CCCCCCC[N+](CCCCCCCC)(CCCCCCCC)Cc1ccccc1)(OCCCCCCCCCCCC)OCCCCCCCCCCCC.[Br-]. The molecular weight excluding hydrogens is 947 g/mol. The van der Waals surface area contributed by atoms with Crippen molar-refractivity contribution in [2.24, 2.45) is 0 Å². The molecule has 4 nitrogen and oxygen atoms in total. The van der Waals surface area contributed by atoms with Gasteiger partial charge in [0.25, 0.3) is 5.97 Å². The Labute approximate surface area is 464 Å². The molecule has 0 N–H and O–H groups in total. The van der Waals surface area contributed by atoms with E-state index < -0.39 is 5.97 Å². The molecule has 0 bridgehead atoms. The van der Waals surface area contributed by atoms with Crippen molar-refractivity contribution in [2.45, 2.75) is 355 Å². The number of halogens is 1. The molecule has 0 unspecified atom stereocenters. The fourth-order valence-corrected chi connectivity index (χ4v) is 11.1. The van der Waals surface area contributed by atoms with Crippen LogP contribution in [0.2, 0.25) is 0 Å². The maximum atomic E-state index is 6.90. The summed E-state index contributed by atoms with van der Waals surface area (Å²) in [5.41, 5.74) is 1.54. The molecule has 0 spiro atoms. The molecule has 72 heavy (non-hydrogen) atoms. The first-order valence-corrected chi connectivity index (χ1v) is 32.9. The predicted octanol–water partition coefficient (Wildman–Crippen LogP) is 19.5. The largest absolute Gasteiger partial charge is 1.00 e. The number of benzene rings is 1. The number of ether oxygens (including phenoxy) is 3. The van der Waals surface area contributed by atoms with Crippen molar-refractivity contribution < 1.29 is 35.7 Å². The van der Waals surface area contributed by atoms with E-state index in [1.54, 1.807) is 0 Å². The second kappa shape index (κ2) is 56.7. The molecule has 1 aromatic carbocycles. The summed E-state index contributed by atoms with van der Waals surface area (Å²) in [5, 5.41) is 0. The zero-order valence-corrected chi connectivity index (χ0v) is 51.4. The highest BCUT2D eigenvalue weighted by atomic mass is 79.9. The van der Waals surface area contributed by atoms with Crippen molar-refractivity contribution in [2.75, 3.05) is 39.5 Å². The molecule has 0 saturated carbocycles. The van der Waals surface area contributed by atoms with Crippen LogP contribution in [0.25, 0.3) is 0 Å². The van der Waals surface area contributed by atoms with Crippen LogP contribution in [0, 0.1) is 0 Å². The maximum Gasteiger partial charge on any atom is 0.282 e. The van der Waals surface area contributed by atoms with Gasteiger partial charge in [0.1, 0.15) is 6.54 Å². The maximum absolute atomic E-state index is 6.90. The highest BCUT2D eigenvalue weighted by Gasteiger charge is 2.33. The van der Waals surface area contributed by atoms with Crippen LogP contribution in [-0.4, -0.2) is 49.9 Å². The number of rotatable bonds is 60. The third kappa shape index (κ3) is 45.7. The van der Waals surface area contributed by atoms with Crippen molar-refractivity contribution in [3.8, 4) is 0 Å². The van der Waals surface area contributed by atoms with E-state index in [9.17, 15) is 0 Å². The Bertz CT molecular complexity index is 1070. The van der Waals surface area contributed by atoms with E-state index in [0.29, 0.717) is 0 Å². The Balaban J connectivity index is 0.0000504. The molecule has 0 atom stereocenters. The van der Waals surface area contributed by atoms with Gasteiger partial charge in [0.2, 0.25) is 0 Å². The molecule has 0 amide bonds. The summed E-state index contributed by atoms with van der Waals surface area (Å²) < 4.78 is 22.0. The zero-order chi connectivity index (χ0) is 51.1. The monoisotopic (exact) mass is 1080 g/mol. The molecule has 0 fully saturated rings. The lowest BCUT2D eigenvalue weighted by molar-refractivity contribution is -0.941. The average molecular weight is 1080 g/mol. The lowest BCUT2D eigenvalue weighted by Gasteiger charge is -2.39. The highest BCUT2D eigenvalue weighted by Crippen LogP contribution is 2.28. The minimum absolute atomic E-state index is 0. The molecule has 1 rings (SSSR count). The third-order valence-corrected chi connectivity index (χ3v) is 15.9. The fraction of sp³-hybridized carbons (Fsp3) is 0.910. The Hall–Kier alpha value is -0.460. The van der Waals surface area contributed by atoms with Crippen LogP contribution in [0.4, 0.5) is 0 Å². The summed E-state index contributed by atoms with van der Waals surface area (Å²) in [6.07, 6.45) is 64.1. The Morgan fingerprint density at radius 1 is 0.292 bits per heavy atom. The Kier molecular flexibility index (Phi) is 56.4. The first kappa shape index (κ1) is 71.5. The third-order valence-electron chi connectivity index (χ3n) is 15.9. The van der Waals surface area contributed by atoms with E-state index in [2.05, 4.69) is 65.0 Å². The second-order valence-corrected chi connectivity index (χ2v) is 23.0. The number of hydrogen-bond acceptors (Lipinski definition) is 3. The number of unbranched alkanes of at least 4 members (excludes halogenated alkanes) is 41. The molecule has 1 aromatic rings. The van der Waals surface area contributed by atoms with Gasteiger partial charge in [0, 0.05) is 12.0 Å². The van der Waals surface area contributed by atoms with Gasteiger partial charge in [-0.1, -0.05) is 303 Å². The summed E-state index contributed by atoms with van der Waals surface area (Å²) in [6.45, 7) is 19.1. The molecule has 428 valence electrons. The number of quaternary nitrogens is 1. The van der Waals surface area contributed by atoms with Crippen LogP contribution in [-0.2, 0) is 20.8 Å². The molecule has 0 saturated heterocycles.